The zero-order valence-corrected chi connectivity index (χ0v) is 13.9. The average Bonchev–Trinajstić information content (AvgIpc) is 3.02. The van der Waals surface area contributed by atoms with E-state index in [1.54, 1.807) is 0 Å². The van der Waals surface area contributed by atoms with Crippen molar-refractivity contribution in [2.45, 2.75) is 30.7 Å². The second-order valence-corrected chi connectivity index (χ2v) is 6.36. The van der Waals surface area contributed by atoms with E-state index in [0.717, 1.165) is 12.1 Å². The van der Waals surface area contributed by atoms with Crippen molar-refractivity contribution in [3.05, 3.63) is 29.8 Å². The largest absolute Gasteiger partial charge is 0.416 e. The molecule has 4 amide bonds. The Hall–Kier alpha value is -2.82. The molecule has 2 fully saturated rings. The van der Waals surface area contributed by atoms with Crippen LogP contribution in [0.15, 0.2) is 24.3 Å². The molecule has 0 spiro atoms. The molecule has 0 bridgehead atoms. The van der Waals surface area contributed by atoms with E-state index < -0.39 is 54.3 Å². The highest BCUT2D eigenvalue weighted by atomic mass is 19.4. The molecule has 0 saturated carbocycles. The third-order valence-electron chi connectivity index (χ3n) is 4.47. The Kier molecular flexibility index (Phi) is 4.96. The van der Waals surface area contributed by atoms with E-state index in [-0.39, 0.29) is 18.7 Å². The Morgan fingerprint density at radius 3 is 2.74 bits per heavy atom. The summed E-state index contributed by atoms with van der Waals surface area (Å²) in [5.41, 5.74) is -0.928. The van der Waals surface area contributed by atoms with Crippen LogP contribution in [0.25, 0.3) is 0 Å². The molecule has 4 N–H and O–H groups in total. The first-order chi connectivity index (χ1) is 12.7. The van der Waals surface area contributed by atoms with E-state index in [9.17, 15) is 27.6 Å². The van der Waals surface area contributed by atoms with Gasteiger partial charge in [0.2, 0.25) is 11.8 Å². The first-order valence-corrected chi connectivity index (χ1v) is 8.15. The van der Waals surface area contributed by atoms with Gasteiger partial charge in [0.1, 0.15) is 12.1 Å². The third-order valence-corrected chi connectivity index (χ3v) is 4.47. The summed E-state index contributed by atoms with van der Waals surface area (Å²) in [6, 6.07) is 1.13. The Labute approximate surface area is 151 Å². The fourth-order valence-corrected chi connectivity index (χ4v) is 3.21. The van der Waals surface area contributed by atoms with Crippen LogP contribution < -0.4 is 16.0 Å². The maximum Gasteiger partial charge on any atom is 0.416 e. The second-order valence-electron chi connectivity index (χ2n) is 6.36. The Balaban J connectivity index is 1.61. The summed E-state index contributed by atoms with van der Waals surface area (Å²) in [6.07, 6.45) is -4.36. The van der Waals surface area contributed by atoms with Crippen LogP contribution in [0.4, 0.5) is 23.7 Å². The summed E-state index contributed by atoms with van der Waals surface area (Å²) in [7, 11) is 0. The number of alkyl halides is 3. The Morgan fingerprint density at radius 1 is 1.33 bits per heavy atom. The van der Waals surface area contributed by atoms with Crippen molar-refractivity contribution >= 4 is 23.5 Å². The van der Waals surface area contributed by atoms with E-state index >= 15 is 0 Å². The van der Waals surface area contributed by atoms with Crippen LogP contribution in [0.1, 0.15) is 12.0 Å². The van der Waals surface area contributed by atoms with Gasteiger partial charge in [-0.3, -0.25) is 9.59 Å². The number of carbonyl (C=O) groups excluding carboxylic acids is 3. The lowest BCUT2D eigenvalue weighted by Gasteiger charge is -2.33. The summed E-state index contributed by atoms with van der Waals surface area (Å²) < 4.78 is 38.1. The van der Waals surface area contributed by atoms with Crippen molar-refractivity contribution in [2.75, 3.05) is 18.5 Å². The summed E-state index contributed by atoms with van der Waals surface area (Å²) in [5, 5.41) is 16.4. The number of hydrogen-bond donors (Lipinski definition) is 4. The molecule has 2 saturated heterocycles. The van der Waals surface area contributed by atoms with Crippen LogP contribution >= 0.6 is 0 Å². The zero-order chi connectivity index (χ0) is 19.8. The molecule has 1 aromatic rings. The fraction of sp³-hybridized carbons (Fsp3) is 0.438. The number of aliphatic hydroxyl groups excluding tert-OH is 1. The molecule has 3 atom stereocenters. The summed E-state index contributed by atoms with van der Waals surface area (Å²) in [6.45, 7) is -0.453. The van der Waals surface area contributed by atoms with Gasteiger partial charge < -0.3 is 26.0 Å². The number of nitrogens with zero attached hydrogens (tertiary/aromatic N) is 1. The van der Waals surface area contributed by atoms with Gasteiger partial charge >= 0.3 is 12.2 Å². The molecule has 0 aromatic heterocycles. The van der Waals surface area contributed by atoms with E-state index in [1.165, 1.54) is 17.0 Å². The van der Waals surface area contributed by atoms with Gasteiger partial charge in [-0.25, -0.2) is 4.79 Å². The lowest BCUT2D eigenvalue weighted by molar-refractivity contribution is -0.148. The summed E-state index contributed by atoms with van der Waals surface area (Å²) >= 11 is 0. The van der Waals surface area contributed by atoms with E-state index in [2.05, 4.69) is 16.0 Å². The van der Waals surface area contributed by atoms with Gasteiger partial charge in [-0.05, 0) is 24.6 Å². The van der Waals surface area contributed by atoms with Crippen LogP contribution in [-0.4, -0.2) is 59.1 Å². The highest BCUT2D eigenvalue weighted by molar-refractivity contribution is 5.98. The molecule has 2 aliphatic heterocycles. The highest BCUT2D eigenvalue weighted by Gasteiger charge is 2.46. The minimum atomic E-state index is -4.53. The van der Waals surface area contributed by atoms with Gasteiger partial charge in [-0.15, -0.1) is 0 Å². The number of fused-ring (bicyclic) bond motifs is 1. The molecule has 8 nitrogen and oxygen atoms in total. The predicted octanol–water partition coefficient (Wildman–Crippen LogP) is 0.287. The van der Waals surface area contributed by atoms with Crippen LogP contribution in [0.2, 0.25) is 0 Å². The molecule has 3 rings (SSSR count). The topological polar surface area (TPSA) is 111 Å². The molecule has 2 aliphatic rings. The van der Waals surface area contributed by atoms with E-state index in [1.807, 2.05) is 0 Å². The van der Waals surface area contributed by atoms with Crippen molar-refractivity contribution in [3.8, 4) is 0 Å². The average molecular weight is 386 g/mol. The number of aliphatic hydroxyl groups is 1. The van der Waals surface area contributed by atoms with Gasteiger partial charge in [0.05, 0.1) is 18.2 Å². The van der Waals surface area contributed by atoms with Crippen molar-refractivity contribution in [1.82, 2.24) is 15.5 Å². The molecule has 2 heterocycles. The van der Waals surface area contributed by atoms with Gasteiger partial charge in [0.25, 0.3) is 0 Å². The number of nitrogens with one attached hydrogen (secondary N) is 3. The molecular weight excluding hydrogens is 369 g/mol. The van der Waals surface area contributed by atoms with Gasteiger partial charge in [-0.1, -0.05) is 6.07 Å². The van der Waals surface area contributed by atoms with Crippen LogP contribution in [0, 0.1) is 0 Å². The first kappa shape index (κ1) is 19.0. The summed E-state index contributed by atoms with van der Waals surface area (Å²) in [5.74, 6) is -0.860. The maximum atomic E-state index is 12.7. The number of benzene rings is 1. The number of halogens is 3. The van der Waals surface area contributed by atoms with Crippen molar-refractivity contribution in [2.24, 2.45) is 0 Å². The number of rotatable bonds is 3. The molecule has 1 aromatic carbocycles. The quantitative estimate of drug-likeness (QED) is 0.598. The predicted molar refractivity (Wildman–Crippen MR) is 86.5 cm³/mol. The summed E-state index contributed by atoms with van der Waals surface area (Å²) in [4.78, 5) is 37.5. The standard InChI is InChI=1S/C16H17F3N4O4/c17-16(18,19)8-2-1-3-9(4-8)20-15(27)21-10-5-12-13(25)22-11(7-24)14(26)23(12)6-10/h1-4,10-12,24H,5-7H2,(H,22,25)(H2,20,21,27)/t10-,11+,12-/m0/s1. The number of anilines is 1. The molecule has 146 valence electrons. The van der Waals surface area contributed by atoms with Crippen molar-refractivity contribution < 1.29 is 32.7 Å². The van der Waals surface area contributed by atoms with E-state index in [0.29, 0.717) is 0 Å². The molecule has 27 heavy (non-hydrogen) atoms. The maximum absolute atomic E-state index is 12.7. The Morgan fingerprint density at radius 2 is 2.07 bits per heavy atom. The number of piperazine rings is 1. The minimum absolute atomic E-state index is 0.0350. The Bertz CT molecular complexity index is 770. The molecule has 0 aliphatic carbocycles. The van der Waals surface area contributed by atoms with Crippen LogP contribution in [-0.2, 0) is 15.8 Å². The molecule has 0 radical (unpaired) electrons. The minimum Gasteiger partial charge on any atom is -0.394 e. The monoisotopic (exact) mass is 386 g/mol. The second kappa shape index (κ2) is 7.06. The number of urea groups is 1. The first-order valence-electron chi connectivity index (χ1n) is 8.15. The number of carbonyl (C=O) groups is 3. The van der Waals surface area contributed by atoms with Crippen molar-refractivity contribution in [3.63, 3.8) is 0 Å². The highest BCUT2D eigenvalue weighted by Crippen LogP contribution is 2.30. The zero-order valence-electron chi connectivity index (χ0n) is 13.9. The molecule has 0 unspecified atom stereocenters. The normalized spacial score (nSPS) is 25.0. The van der Waals surface area contributed by atoms with Gasteiger partial charge in [0.15, 0.2) is 0 Å². The number of amides is 4. The van der Waals surface area contributed by atoms with E-state index in [4.69, 9.17) is 5.11 Å². The molecular formula is C16H17F3N4O4. The lowest BCUT2D eigenvalue weighted by Crippen LogP contribution is -2.62. The smallest absolute Gasteiger partial charge is 0.394 e. The van der Waals surface area contributed by atoms with Crippen LogP contribution in [0.5, 0.6) is 0 Å². The SMILES string of the molecule is O=C(Nc1cccc(C(F)(F)F)c1)N[C@H]1C[C@H]2C(=O)N[C@H](CO)C(=O)N2C1. The molecule has 11 heteroatoms. The van der Waals surface area contributed by atoms with Gasteiger partial charge in [-0.2, -0.15) is 13.2 Å². The number of hydrogen-bond acceptors (Lipinski definition) is 4. The van der Waals surface area contributed by atoms with Crippen molar-refractivity contribution in [1.29, 1.82) is 0 Å². The fourth-order valence-electron chi connectivity index (χ4n) is 3.21. The van der Waals surface area contributed by atoms with Crippen LogP contribution in [0.3, 0.4) is 0 Å². The van der Waals surface area contributed by atoms with Gasteiger partial charge in [0, 0.05) is 12.2 Å². The third kappa shape index (κ3) is 3.97. The lowest BCUT2D eigenvalue weighted by atomic mass is 10.1.